The minimum absolute atomic E-state index is 0.0786. The number of imidazole rings is 1. The first-order valence-electron chi connectivity index (χ1n) is 8.48. The number of halogens is 1. The van der Waals surface area contributed by atoms with Crippen molar-refractivity contribution in [1.29, 1.82) is 0 Å². The van der Waals surface area contributed by atoms with Crippen LogP contribution in [0.1, 0.15) is 32.4 Å². The number of aliphatic hydroxyl groups excluding tert-OH is 2. The summed E-state index contributed by atoms with van der Waals surface area (Å²) in [5.41, 5.74) is 4.26. The average Bonchev–Trinajstić information content (AvgIpc) is 3.12. The molecule has 2 saturated heterocycles. The topological polar surface area (TPSA) is 109 Å². The van der Waals surface area contributed by atoms with Gasteiger partial charge in [0.25, 0.3) is 0 Å². The molecular formula is C15H21ClN6O3. The Kier molecular flexibility index (Phi) is 4.50. The van der Waals surface area contributed by atoms with Crippen molar-refractivity contribution in [1.82, 2.24) is 24.5 Å². The maximum Gasteiger partial charge on any atom is 0.226 e. The zero-order valence-electron chi connectivity index (χ0n) is 13.8. The van der Waals surface area contributed by atoms with Crippen LogP contribution in [0.25, 0.3) is 11.2 Å². The van der Waals surface area contributed by atoms with Crippen LogP contribution in [0.2, 0.25) is 5.28 Å². The molecule has 0 saturated carbocycles. The molecule has 0 amide bonds. The zero-order chi connectivity index (χ0) is 17.6. The number of aromatic nitrogens is 4. The number of hydrogen-bond acceptors (Lipinski definition) is 8. The number of ether oxygens (including phenoxy) is 1. The van der Waals surface area contributed by atoms with Crippen LogP contribution in [0, 0.1) is 0 Å². The van der Waals surface area contributed by atoms with Crippen molar-refractivity contribution in [2.24, 2.45) is 0 Å². The summed E-state index contributed by atoms with van der Waals surface area (Å²) in [5, 5.41) is 22.4. The smallest absolute Gasteiger partial charge is 0.226 e. The van der Waals surface area contributed by atoms with Crippen LogP contribution in [0.3, 0.4) is 0 Å². The minimum atomic E-state index is -1.07. The summed E-state index contributed by atoms with van der Waals surface area (Å²) in [5.74, 6) is 0.525. The lowest BCUT2D eigenvalue weighted by Gasteiger charge is -2.27. The van der Waals surface area contributed by atoms with Gasteiger partial charge in [-0.15, -0.1) is 0 Å². The first-order valence-corrected chi connectivity index (χ1v) is 8.85. The Morgan fingerprint density at radius 3 is 2.64 bits per heavy atom. The minimum Gasteiger partial charge on any atom is -0.388 e. The van der Waals surface area contributed by atoms with E-state index in [1.54, 1.807) is 11.5 Å². The van der Waals surface area contributed by atoms with Crippen molar-refractivity contribution in [3.63, 3.8) is 0 Å². The van der Waals surface area contributed by atoms with Crippen LogP contribution in [0.5, 0.6) is 0 Å². The molecule has 10 heteroatoms. The normalized spacial score (nSPS) is 30.9. The second-order valence-electron chi connectivity index (χ2n) is 6.54. The monoisotopic (exact) mass is 368 g/mol. The van der Waals surface area contributed by atoms with Crippen LogP contribution >= 0.6 is 11.6 Å². The lowest BCUT2D eigenvalue weighted by Crippen LogP contribution is -2.35. The lowest BCUT2D eigenvalue weighted by molar-refractivity contribution is -0.0299. The highest BCUT2D eigenvalue weighted by Gasteiger charge is 2.42. The van der Waals surface area contributed by atoms with Crippen LogP contribution in [0.15, 0.2) is 6.33 Å². The quantitative estimate of drug-likeness (QED) is 0.687. The molecule has 4 rings (SSSR count). The average molecular weight is 369 g/mol. The van der Waals surface area contributed by atoms with Gasteiger partial charge >= 0.3 is 0 Å². The number of hydrogen-bond donors (Lipinski definition) is 3. The van der Waals surface area contributed by atoms with Gasteiger partial charge in [0.05, 0.1) is 12.4 Å². The SMILES string of the molecule is C[C@H]1O[C@@H](n2cnc3c(NN4CCCCC4)nc(Cl)nc32)[C@H](O)[C@@H]1O. The number of nitrogens with one attached hydrogen (secondary N) is 1. The molecule has 0 aliphatic carbocycles. The second kappa shape index (κ2) is 6.65. The van der Waals surface area contributed by atoms with Gasteiger partial charge in [0.2, 0.25) is 5.28 Å². The molecule has 2 aliphatic rings. The van der Waals surface area contributed by atoms with E-state index in [1.165, 1.54) is 12.7 Å². The molecule has 4 heterocycles. The van der Waals surface area contributed by atoms with Crippen molar-refractivity contribution in [3.8, 4) is 0 Å². The molecule has 0 spiro atoms. The Hall–Kier alpha value is -1.52. The first-order chi connectivity index (χ1) is 12.0. The Labute approximate surface area is 149 Å². The van der Waals surface area contributed by atoms with Crippen molar-refractivity contribution < 1.29 is 14.9 Å². The summed E-state index contributed by atoms with van der Waals surface area (Å²) in [4.78, 5) is 12.9. The second-order valence-corrected chi connectivity index (χ2v) is 6.88. The van der Waals surface area contributed by atoms with Crippen LogP contribution in [-0.4, -0.2) is 66.1 Å². The number of rotatable bonds is 3. The number of piperidine rings is 1. The van der Waals surface area contributed by atoms with E-state index < -0.39 is 24.5 Å². The van der Waals surface area contributed by atoms with Crippen molar-refractivity contribution >= 4 is 28.6 Å². The van der Waals surface area contributed by atoms with E-state index in [1.807, 2.05) is 0 Å². The molecule has 2 aromatic rings. The molecule has 0 aromatic carbocycles. The van der Waals surface area contributed by atoms with Gasteiger partial charge in [-0.1, -0.05) is 6.42 Å². The maximum atomic E-state index is 10.2. The maximum absolute atomic E-state index is 10.2. The van der Waals surface area contributed by atoms with E-state index in [0.717, 1.165) is 25.9 Å². The molecule has 0 radical (unpaired) electrons. The zero-order valence-corrected chi connectivity index (χ0v) is 14.6. The molecule has 9 nitrogen and oxygen atoms in total. The number of nitrogens with zero attached hydrogens (tertiary/aromatic N) is 5. The third-order valence-electron chi connectivity index (χ3n) is 4.77. The summed E-state index contributed by atoms with van der Waals surface area (Å²) in [7, 11) is 0. The standard InChI is InChI=1S/C15H21ClN6O3/c1-8-10(23)11(24)14(25-8)22-7-17-9-12(18-15(16)19-13(9)22)20-21-5-3-2-4-6-21/h7-8,10-11,14,23-24H,2-6H2,1H3,(H,18,19,20)/t8-,10-,11-,14-/m1/s1. The fourth-order valence-corrected chi connectivity index (χ4v) is 3.53. The summed E-state index contributed by atoms with van der Waals surface area (Å²) in [6, 6.07) is 0. The van der Waals surface area contributed by atoms with Gasteiger partial charge in [-0.05, 0) is 31.4 Å². The Balaban J connectivity index is 1.69. The highest BCUT2D eigenvalue weighted by Crippen LogP contribution is 2.32. The molecule has 2 fully saturated rings. The van der Waals surface area contributed by atoms with Gasteiger partial charge in [-0.25, -0.2) is 9.99 Å². The van der Waals surface area contributed by atoms with E-state index in [9.17, 15) is 10.2 Å². The summed E-state index contributed by atoms with van der Waals surface area (Å²) >= 11 is 6.10. The van der Waals surface area contributed by atoms with E-state index in [0.29, 0.717) is 17.0 Å². The number of anilines is 1. The number of hydrazine groups is 1. The third kappa shape index (κ3) is 3.06. The molecular weight excluding hydrogens is 348 g/mol. The van der Waals surface area contributed by atoms with Crippen LogP contribution in [0.4, 0.5) is 5.82 Å². The summed E-state index contributed by atoms with van der Waals surface area (Å²) < 4.78 is 7.24. The third-order valence-corrected chi connectivity index (χ3v) is 4.93. The fourth-order valence-electron chi connectivity index (χ4n) is 3.37. The summed E-state index contributed by atoms with van der Waals surface area (Å²) in [6.45, 7) is 3.56. The Morgan fingerprint density at radius 1 is 1.20 bits per heavy atom. The van der Waals surface area contributed by atoms with Crippen LogP contribution < -0.4 is 5.43 Å². The van der Waals surface area contributed by atoms with Crippen molar-refractivity contribution in [3.05, 3.63) is 11.6 Å². The Morgan fingerprint density at radius 2 is 1.96 bits per heavy atom. The summed E-state index contributed by atoms with van der Waals surface area (Å²) in [6.07, 6.45) is 1.71. The first kappa shape index (κ1) is 16.9. The highest BCUT2D eigenvalue weighted by atomic mass is 35.5. The van der Waals surface area contributed by atoms with Gasteiger partial charge in [-0.3, -0.25) is 4.57 Å². The molecule has 25 heavy (non-hydrogen) atoms. The van der Waals surface area contributed by atoms with Crippen molar-refractivity contribution in [2.45, 2.75) is 50.7 Å². The predicted octanol–water partition coefficient (Wildman–Crippen LogP) is 0.932. The fraction of sp³-hybridized carbons (Fsp3) is 0.667. The molecule has 2 aromatic heterocycles. The van der Waals surface area contributed by atoms with Crippen molar-refractivity contribution in [2.75, 3.05) is 18.5 Å². The van der Waals surface area contributed by atoms with Crippen LogP contribution in [-0.2, 0) is 4.74 Å². The van der Waals surface area contributed by atoms with E-state index >= 15 is 0 Å². The number of aliphatic hydroxyl groups is 2. The van der Waals surface area contributed by atoms with Gasteiger partial charge in [-0.2, -0.15) is 9.97 Å². The molecule has 0 unspecified atom stereocenters. The molecule has 0 bridgehead atoms. The molecule has 4 atom stereocenters. The van der Waals surface area contributed by atoms with Gasteiger partial charge in [0.15, 0.2) is 23.2 Å². The highest BCUT2D eigenvalue weighted by molar-refractivity contribution is 6.28. The lowest BCUT2D eigenvalue weighted by atomic mass is 10.1. The van der Waals surface area contributed by atoms with E-state index in [-0.39, 0.29) is 5.28 Å². The van der Waals surface area contributed by atoms with Gasteiger partial charge in [0.1, 0.15) is 12.2 Å². The Bertz CT molecular complexity index is 765. The van der Waals surface area contributed by atoms with E-state index in [4.69, 9.17) is 16.3 Å². The largest absolute Gasteiger partial charge is 0.388 e. The number of fused-ring (bicyclic) bond motifs is 1. The molecule has 2 aliphatic heterocycles. The predicted molar refractivity (Wildman–Crippen MR) is 91.0 cm³/mol. The van der Waals surface area contributed by atoms with Gasteiger partial charge < -0.3 is 20.4 Å². The molecule has 136 valence electrons. The van der Waals surface area contributed by atoms with Gasteiger partial charge in [0, 0.05) is 13.1 Å². The van der Waals surface area contributed by atoms with E-state index in [2.05, 4.69) is 25.4 Å². The molecule has 3 N–H and O–H groups in total.